The summed E-state index contributed by atoms with van der Waals surface area (Å²) in [5.41, 5.74) is 0.663. The lowest BCUT2D eigenvalue weighted by molar-refractivity contribution is -0.0175. The molecular weight excluding hydrogens is 242 g/mol. The minimum Gasteiger partial charge on any atom is -0.376 e. The van der Waals surface area contributed by atoms with E-state index < -0.39 is 11.5 Å². The SMILES string of the molecule is COC1(C)CC(=O)n2c(nc3ccccc32)C1C#N. The van der Waals surface area contributed by atoms with E-state index in [2.05, 4.69) is 11.1 Å². The number of para-hydroxylation sites is 2. The Hall–Kier alpha value is -2.19. The van der Waals surface area contributed by atoms with E-state index in [1.807, 2.05) is 24.3 Å². The summed E-state index contributed by atoms with van der Waals surface area (Å²) >= 11 is 0. The zero-order valence-electron chi connectivity index (χ0n) is 10.8. The Morgan fingerprint density at radius 2 is 2.26 bits per heavy atom. The van der Waals surface area contributed by atoms with Crippen LogP contribution in [-0.2, 0) is 4.74 Å². The summed E-state index contributed by atoms with van der Waals surface area (Å²) < 4.78 is 6.95. The van der Waals surface area contributed by atoms with Crippen LogP contribution >= 0.6 is 0 Å². The van der Waals surface area contributed by atoms with E-state index in [0.29, 0.717) is 5.82 Å². The first-order valence-electron chi connectivity index (χ1n) is 6.06. The molecule has 1 aliphatic rings. The van der Waals surface area contributed by atoms with Crippen molar-refractivity contribution in [2.75, 3.05) is 7.11 Å². The molecule has 0 N–H and O–H groups in total. The molecule has 0 saturated carbocycles. The zero-order chi connectivity index (χ0) is 13.6. The van der Waals surface area contributed by atoms with Crippen LogP contribution in [0.4, 0.5) is 0 Å². The van der Waals surface area contributed by atoms with Crippen molar-refractivity contribution >= 4 is 16.9 Å². The monoisotopic (exact) mass is 255 g/mol. The molecule has 0 amide bonds. The van der Waals surface area contributed by atoms with Crippen LogP contribution in [0.25, 0.3) is 11.0 Å². The van der Waals surface area contributed by atoms with Gasteiger partial charge < -0.3 is 4.74 Å². The number of rotatable bonds is 1. The van der Waals surface area contributed by atoms with Gasteiger partial charge in [0.25, 0.3) is 0 Å². The van der Waals surface area contributed by atoms with E-state index in [1.165, 1.54) is 7.11 Å². The van der Waals surface area contributed by atoms with E-state index in [-0.39, 0.29) is 12.3 Å². The molecule has 2 aromatic rings. The Labute approximate surface area is 110 Å². The highest BCUT2D eigenvalue weighted by atomic mass is 16.5. The molecule has 5 nitrogen and oxygen atoms in total. The van der Waals surface area contributed by atoms with E-state index in [9.17, 15) is 10.1 Å². The molecule has 1 aliphatic heterocycles. The molecule has 2 atom stereocenters. The highest BCUT2D eigenvalue weighted by molar-refractivity contribution is 5.93. The van der Waals surface area contributed by atoms with Gasteiger partial charge in [-0.05, 0) is 19.1 Å². The van der Waals surface area contributed by atoms with Gasteiger partial charge >= 0.3 is 0 Å². The molecule has 96 valence electrons. The summed E-state index contributed by atoms with van der Waals surface area (Å²) in [4.78, 5) is 16.8. The molecule has 2 unspecified atom stereocenters. The van der Waals surface area contributed by atoms with Gasteiger partial charge in [0, 0.05) is 7.11 Å². The van der Waals surface area contributed by atoms with Gasteiger partial charge in [0.2, 0.25) is 5.91 Å². The number of carbonyl (C=O) groups is 1. The molecule has 1 aromatic carbocycles. The van der Waals surface area contributed by atoms with Crippen molar-refractivity contribution in [3.8, 4) is 6.07 Å². The summed E-state index contributed by atoms with van der Waals surface area (Å²) in [5.74, 6) is -0.161. The standard InChI is InChI=1S/C14H13N3O2/c1-14(19-2)7-12(18)17-11-6-4-3-5-10(11)16-13(17)9(14)8-15/h3-6,9H,7H2,1-2H3. The number of hydrogen-bond donors (Lipinski definition) is 0. The van der Waals surface area contributed by atoms with E-state index in [4.69, 9.17) is 4.74 Å². The van der Waals surface area contributed by atoms with Gasteiger partial charge in [-0.2, -0.15) is 5.26 Å². The Morgan fingerprint density at radius 3 is 2.95 bits per heavy atom. The van der Waals surface area contributed by atoms with Crippen LogP contribution in [0.3, 0.4) is 0 Å². The van der Waals surface area contributed by atoms with Crippen molar-refractivity contribution in [3.05, 3.63) is 30.1 Å². The lowest BCUT2D eigenvalue weighted by Gasteiger charge is -2.35. The minimum atomic E-state index is -0.816. The Balaban J connectivity index is 2.32. The molecule has 1 aromatic heterocycles. The fourth-order valence-corrected chi connectivity index (χ4v) is 2.64. The van der Waals surface area contributed by atoms with Crippen LogP contribution in [0.15, 0.2) is 24.3 Å². The van der Waals surface area contributed by atoms with E-state index >= 15 is 0 Å². The third-order valence-corrected chi connectivity index (χ3v) is 3.80. The maximum atomic E-state index is 12.3. The zero-order valence-corrected chi connectivity index (χ0v) is 10.8. The molecule has 0 spiro atoms. The summed E-state index contributed by atoms with van der Waals surface area (Å²) in [6, 6.07) is 9.62. The average Bonchev–Trinajstić information content (AvgIpc) is 2.78. The molecule has 5 heteroatoms. The van der Waals surface area contributed by atoms with Crippen LogP contribution in [0.2, 0.25) is 0 Å². The van der Waals surface area contributed by atoms with Gasteiger partial charge in [0.1, 0.15) is 11.7 Å². The third kappa shape index (κ3) is 1.50. The van der Waals surface area contributed by atoms with Crippen molar-refractivity contribution < 1.29 is 9.53 Å². The largest absolute Gasteiger partial charge is 0.376 e. The number of benzene rings is 1. The number of carbonyl (C=O) groups excluding carboxylic acids is 1. The van der Waals surface area contributed by atoms with Crippen molar-refractivity contribution in [3.63, 3.8) is 0 Å². The highest BCUT2D eigenvalue weighted by Gasteiger charge is 2.46. The normalized spacial score (nSPS) is 26.2. The summed E-state index contributed by atoms with van der Waals surface area (Å²) in [6.45, 7) is 1.78. The molecule has 0 radical (unpaired) electrons. The Kier molecular flexibility index (Phi) is 2.44. The lowest BCUT2D eigenvalue weighted by Crippen LogP contribution is -2.44. The second kappa shape index (κ2) is 3.90. The maximum absolute atomic E-state index is 12.3. The van der Waals surface area contributed by atoms with Crippen LogP contribution in [0, 0.1) is 11.3 Å². The van der Waals surface area contributed by atoms with Crippen LogP contribution in [0.5, 0.6) is 0 Å². The number of hydrogen-bond acceptors (Lipinski definition) is 4. The van der Waals surface area contributed by atoms with Crippen LogP contribution in [0.1, 0.15) is 29.9 Å². The van der Waals surface area contributed by atoms with Gasteiger partial charge in [-0.3, -0.25) is 9.36 Å². The fraction of sp³-hybridized carbons (Fsp3) is 0.357. The number of nitriles is 1. The van der Waals surface area contributed by atoms with Gasteiger partial charge in [-0.1, -0.05) is 12.1 Å². The van der Waals surface area contributed by atoms with Gasteiger partial charge in [-0.15, -0.1) is 0 Å². The first kappa shape index (κ1) is 11.9. The quantitative estimate of drug-likeness (QED) is 0.782. The molecule has 3 rings (SSSR count). The number of fused-ring (bicyclic) bond motifs is 3. The molecule has 0 aliphatic carbocycles. The molecule has 0 saturated heterocycles. The highest BCUT2D eigenvalue weighted by Crippen LogP contribution is 2.39. The molecule has 0 fully saturated rings. The Bertz CT molecular complexity index is 713. The van der Waals surface area contributed by atoms with Gasteiger partial charge in [-0.25, -0.2) is 4.98 Å². The van der Waals surface area contributed by atoms with E-state index in [1.54, 1.807) is 11.5 Å². The number of methoxy groups -OCH3 is 1. The van der Waals surface area contributed by atoms with Crippen molar-refractivity contribution in [2.24, 2.45) is 0 Å². The number of imidazole rings is 1. The molecular formula is C14H13N3O2. The van der Waals surface area contributed by atoms with E-state index in [0.717, 1.165) is 11.0 Å². The lowest BCUT2D eigenvalue weighted by atomic mass is 9.83. The van der Waals surface area contributed by atoms with Gasteiger partial charge in [0.05, 0.1) is 29.1 Å². The number of ether oxygens (including phenoxy) is 1. The average molecular weight is 255 g/mol. The first-order valence-corrected chi connectivity index (χ1v) is 6.06. The molecule has 2 heterocycles. The minimum absolute atomic E-state index is 0.0837. The fourth-order valence-electron chi connectivity index (χ4n) is 2.64. The Morgan fingerprint density at radius 1 is 1.53 bits per heavy atom. The number of aromatic nitrogens is 2. The molecule has 0 bridgehead atoms. The molecule has 19 heavy (non-hydrogen) atoms. The topological polar surface area (TPSA) is 67.9 Å². The third-order valence-electron chi connectivity index (χ3n) is 3.80. The second-order valence-electron chi connectivity index (χ2n) is 4.94. The van der Waals surface area contributed by atoms with Crippen molar-refractivity contribution in [1.29, 1.82) is 5.26 Å². The van der Waals surface area contributed by atoms with Crippen LogP contribution in [-0.4, -0.2) is 28.2 Å². The smallest absolute Gasteiger partial charge is 0.235 e. The van der Waals surface area contributed by atoms with Crippen molar-refractivity contribution in [2.45, 2.75) is 24.9 Å². The van der Waals surface area contributed by atoms with Gasteiger partial charge in [0.15, 0.2) is 0 Å². The predicted molar refractivity (Wildman–Crippen MR) is 68.7 cm³/mol. The first-order chi connectivity index (χ1) is 9.10. The maximum Gasteiger partial charge on any atom is 0.235 e. The number of nitrogens with zero attached hydrogens (tertiary/aromatic N) is 3. The van der Waals surface area contributed by atoms with Crippen LogP contribution < -0.4 is 0 Å². The predicted octanol–water partition coefficient (Wildman–Crippen LogP) is 2.09. The van der Waals surface area contributed by atoms with Crippen molar-refractivity contribution in [1.82, 2.24) is 9.55 Å². The second-order valence-corrected chi connectivity index (χ2v) is 4.94. The summed E-state index contributed by atoms with van der Waals surface area (Å²) in [7, 11) is 1.52. The summed E-state index contributed by atoms with van der Waals surface area (Å²) in [5, 5.41) is 9.42. The summed E-state index contributed by atoms with van der Waals surface area (Å²) in [6.07, 6.45) is 0.176.